The zero-order chi connectivity index (χ0) is 15.1. The van der Waals surface area contributed by atoms with E-state index in [9.17, 15) is 4.79 Å². The summed E-state index contributed by atoms with van der Waals surface area (Å²) in [6.07, 6.45) is 1.66. The lowest BCUT2D eigenvalue weighted by molar-refractivity contribution is 0.0368. The summed E-state index contributed by atoms with van der Waals surface area (Å²) in [5.74, 6) is -0.137. The molecule has 1 aromatic rings. The monoisotopic (exact) mass is 292 g/mol. The van der Waals surface area contributed by atoms with Crippen molar-refractivity contribution in [3.63, 3.8) is 0 Å². The second-order valence-electron chi connectivity index (χ2n) is 5.25. The molecule has 1 fully saturated rings. The van der Waals surface area contributed by atoms with Gasteiger partial charge in [0.2, 0.25) is 0 Å². The quantitative estimate of drug-likeness (QED) is 0.817. The highest BCUT2D eigenvalue weighted by Gasteiger charge is 2.14. The summed E-state index contributed by atoms with van der Waals surface area (Å²) in [6, 6.07) is 3.98. The van der Waals surface area contributed by atoms with Crippen molar-refractivity contribution in [1.29, 1.82) is 0 Å². The molecule has 0 bridgehead atoms. The number of carbonyl (C=O) groups excluding carboxylic acids is 1. The molecule has 1 saturated heterocycles. The number of carbonyl (C=O) groups is 1. The largest absolute Gasteiger partial charge is 0.381 e. The number of hydrogen-bond acceptors (Lipinski definition) is 5. The highest BCUT2D eigenvalue weighted by Crippen LogP contribution is 2.10. The topological polar surface area (TPSA) is 66.5 Å². The molecule has 21 heavy (non-hydrogen) atoms. The Hall–Kier alpha value is -1.66. The van der Waals surface area contributed by atoms with Gasteiger partial charge in [-0.25, -0.2) is 0 Å². The van der Waals surface area contributed by atoms with Crippen LogP contribution in [0.5, 0.6) is 0 Å². The minimum Gasteiger partial charge on any atom is -0.381 e. The highest BCUT2D eigenvalue weighted by atomic mass is 16.5. The van der Waals surface area contributed by atoms with Gasteiger partial charge in [-0.3, -0.25) is 14.7 Å². The van der Waals surface area contributed by atoms with Gasteiger partial charge in [0, 0.05) is 44.1 Å². The van der Waals surface area contributed by atoms with Gasteiger partial charge in [0.05, 0.1) is 13.2 Å². The lowest BCUT2D eigenvalue weighted by Crippen LogP contribution is -2.42. The predicted molar refractivity (Wildman–Crippen MR) is 82.6 cm³/mol. The van der Waals surface area contributed by atoms with Crippen LogP contribution in [0.15, 0.2) is 18.3 Å². The minimum absolute atomic E-state index is 0.137. The third-order valence-electron chi connectivity index (χ3n) is 3.38. The first kappa shape index (κ1) is 15.7. The van der Waals surface area contributed by atoms with Gasteiger partial charge in [0.1, 0.15) is 5.69 Å². The van der Waals surface area contributed by atoms with Crippen molar-refractivity contribution in [2.24, 2.45) is 0 Å². The second kappa shape index (κ2) is 7.95. The second-order valence-corrected chi connectivity index (χ2v) is 5.25. The van der Waals surface area contributed by atoms with Crippen molar-refractivity contribution in [3.05, 3.63) is 24.0 Å². The van der Waals surface area contributed by atoms with Crippen molar-refractivity contribution in [2.75, 3.05) is 44.7 Å². The lowest BCUT2D eigenvalue weighted by Gasteiger charge is -2.29. The molecular formula is C15H24N4O2. The maximum absolute atomic E-state index is 11.8. The molecule has 1 atom stereocenters. The molecule has 2 N–H and O–H groups in total. The third kappa shape index (κ3) is 4.99. The van der Waals surface area contributed by atoms with E-state index in [1.54, 1.807) is 12.3 Å². The molecular weight excluding hydrogens is 268 g/mol. The number of hydrogen-bond donors (Lipinski definition) is 2. The standard InChI is InChI=1S/C15H24N4O2/c1-3-16-15(20)14-10-13(4-5-17-14)18-12(2)11-19-6-8-21-9-7-19/h4-5,10,12H,3,6-9,11H2,1-2H3,(H,16,20)(H,17,18). The Kier molecular flexibility index (Phi) is 5.95. The summed E-state index contributed by atoms with van der Waals surface area (Å²) in [6.45, 7) is 9.17. The van der Waals surface area contributed by atoms with Crippen LogP contribution in [-0.2, 0) is 4.74 Å². The molecule has 6 heteroatoms. The maximum Gasteiger partial charge on any atom is 0.269 e. The summed E-state index contributed by atoms with van der Waals surface area (Å²) in [5, 5.41) is 6.18. The fraction of sp³-hybridized carbons (Fsp3) is 0.600. The normalized spacial score (nSPS) is 17.2. The van der Waals surface area contributed by atoms with E-state index in [1.807, 2.05) is 13.0 Å². The molecule has 0 saturated carbocycles. The molecule has 1 amide bonds. The van der Waals surface area contributed by atoms with E-state index in [-0.39, 0.29) is 5.91 Å². The SMILES string of the molecule is CCNC(=O)c1cc(NC(C)CN2CCOCC2)ccn1. The van der Waals surface area contributed by atoms with E-state index in [2.05, 4.69) is 27.4 Å². The predicted octanol–water partition coefficient (Wildman–Crippen LogP) is 0.964. The van der Waals surface area contributed by atoms with Crippen molar-refractivity contribution < 1.29 is 9.53 Å². The first-order chi connectivity index (χ1) is 10.2. The minimum atomic E-state index is -0.137. The van der Waals surface area contributed by atoms with Crippen molar-refractivity contribution in [2.45, 2.75) is 19.9 Å². The Bertz CT molecular complexity index is 461. The van der Waals surface area contributed by atoms with Crippen LogP contribution in [0.4, 0.5) is 5.69 Å². The van der Waals surface area contributed by atoms with Gasteiger partial charge < -0.3 is 15.4 Å². The Balaban J connectivity index is 1.89. The van der Waals surface area contributed by atoms with Crippen LogP contribution in [0.2, 0.25) is 0 Å². The van der Waals surface area contributed by atoms with Gasteiger partial charge in [-0.1, -0.05) is 0 Å². The summed E-state index contributed by atoms with van der Waals surface area (Å²) >= 11 is 0. The molecule has 0 spiro atoms. The molecule has 0 aromatic carbocycles. The molecule has 1 aromatic heterocycles. The molecule has 2 rings (SSSR count). The molecule has 116 valence electrons. The Morgan fingerprint density at radius 1 is 1.48 bits per heavy atom. The number of pyridine rings is 1. The molecule has 1 unspecified atom stereocenters. The molecule has 6 nitrogen and oxygen atoms in total. The first-order valence-corrected chi connectivity index (χ1v) is 7.50. The van der Waals surface area contributed by atoms with Crippen LogP contribution >= 0.6 is 0 Å². The number of ether oxygens (including phenoxy) is 1. The van der Waals surface area contributed by atoms with Crippen molar-refractivity contribution in [3.8, 4) is 0 Å². The summed E-state index contributed by atoms with van der Waals surface area (Å²) < 4.78 is 5.35. The van der Waals surface area contributed by atoms with E-state index in [0.29, 0.717) is 18.3 Å². The smallest absolute Gasteiger partial charge is 0.269 e. The van der Waals surface area contributed by atoms with E-state index >= 15 is 0 Å². The van der Waals surface area contributed by atoms with Crippen LogP contribution in [0.3, 0.4) is 0 Å². The van der Waals surface area contributed by atoms with Gasteiger partial charge in [0.15, 0.2) is 0 Å². The Morgan fingerprint density at radius 2 is 2.24 bits per heavy atom. The van der Waals surface area contributed by atoms with Gasteiger partial charge >= 0.3 is 0 Å². The van der Waals surface area contributed by atoms with Crippen molar-refractivity contribution in [1.82, 2.24) is 15.2 Å². The number of nitrogens with one attached hydrogen (secondary N) is 2. The summed E-state index contributed by atoms with van der Waals surface area (Å²) in [5.41, 5.74) is 1.37. The number of nitrogens with zero attached hydrogens (tertiary/aromatic N) is 2. The average molecular weight is 292 g/mol. The Morgan fingerprint density at radius 3 is 2.95 bits per heavy atom. The van der Waals surface area contributed by atoms with Crippen LogP contribution < -0.4 is 10.6 Å². The lowest BCUT2D eigenvalue weighted by atomic mass is 10.2. The van der Waals surface area contributed by atoms with E-state index in [4.69, 9.17) is 4.74 Å². The van der Waals surface area contributed by atoms with E-state index in [1.165, 1.54) is 0 Å². The molecule has 0 radical (unpaired) electrons. The molecule has 2 heterocycles. The molecule has 1 aliphatic heterocycles. The number of aromatic nitrogens is 1. The zero-order valence-electron chi connectivity index (χ0n) is 12.8. The Labute approximate surface area is 125 Å². The number of amides is 1. The summed E-state index contributed by atoms with van der Waals surface area (Å²) in [7, 11) is 0. The van der Waals surface area contributed by atoms with E-state index < -0.39 is 0 Å². The first-order valence-electron chi connectivity index (χ1n) is 7.50. The summed E-state index contributed by atoms with van der Waals surface area (Å²) in [4.78, 5) is 18.3. The highest BCUT2D eigenvalue weighted by molar-refractivity contribution is 5.93. The zero-order valence-corrected chi connectivity index (χ0v) is 12.8. The van der Waals surface area contributed by atoms with Crippen LogP contribution in [0.25, 0.3) is 0 Å². The third-order valence-corrected chi connectivity index (χ3v) is 3.38. The fourth-order valence-electron chi connectivity index (χ4n) is 2.40. The van der Waals surface area contributed by atoms with Gasteiger partial charge in [0.25, 0.3) is 5.91 Å². The average Bonchev–Trinajstić information content (AvgIpc) is 2.48. The van der Waals surface area contributed by atoms with E-state index in [0.717, 1.165) is 38.5 Å². The van der Waals surface area contributed by atoms with Gasteiger partial charge in [-0.2, -0.15) is 0 Å². The maximum atomic E-state index is 11.8. The number of rotatable bonds is 6. The fourth-order valence-corrected chi connectivity index (χ4v) is 2.40. The van der Waals surface area contributed by atoms with Crippen molar-refractivity contribution >= 4 is 11.6 Å². The number of anilines is 1. The molecule has 1 aliphatic rings. The van der Waals surface area contributed by atoms with Crippen LogP contribution in [0, 0.1) is 0 Å². The van der Waals surface area contributed by atoms with Crippen LogP contribution in [0.1, 0.15) is 24.3 Å². The number of morpholine rings is 1. The molecule has 0 aliphatic carbocycles. The van der Waals surface area contributed by atoms with Gasteiger partial charge in [-0.15, -0.1) is 0 Å². The van der Waals surface area contributed by atoms with Crippen LogP contribution in [-0.4, -0.2) is 61.2 Å². The van der Waals surface area contributed by atoms with Gasteiger partial charge in [-0.05, 0) is 26.0 Å².